The molecule has 1 saturated carbocycles. The Balaban J connectivity index is 2.22. The molecule has 5 heteroatoms. The van der Waals surface area contributed by atoms with Gasteiger partial charge in [0.15, 0.2) is 0 Å². The Hall–Kier alpha value is -0.0500. The topological polar surface area (TPSA) is 46.5 Å². The number of hydrogen-bond acceptors (Lipinski definition) is 2. The van der Waals surface area contributed by atoms with Gasteiger partial charge in [0, 0.05) is 4.57 Å². The summed E-state index contributed by atoms with van der Waals surface area (Å²) in [4.78, 5) is 8.36. The maximum Gasteiger partial charge on any atom is 0.694 e. The third kappa shape index (κ3) is 3.23. The Morgan fingerprint density at radius 1 is 1.36 bits per heavy atom. The zero-order chi connectivity index (χ0) is 8.27. The summed E-state index contributed by atoms with van der Waals surface area (Å²) < 4.78 is 27.3. The molecule has 3 nitrogen and oxygen atoms in total. The van der Waals surface area contributed by atoms with Crippen LogP contribution in [0.25, 0.3) is 0 Å². The molecule has 11 heavy (non-hydrogen) atoms. The molecule has 0 bridgehead atoms. The molecule has 1 aliphatic carbocycles. The van der Waals surface area contributed by atoms with E-state index in [1.54, 1.807) is 0 Å². The summed E-state index contributed by atoms with van der Waals surface area (Å²) in [5.41, 5.74) is 0. The molecule has 1 fully saturated rings. The van der Waals surface area contributed by atoms with Crippen LogP contribution in [0, 0.1) is 0 Å². The van der Waals surface area contributed by atoms with Crippen molar-refractivity contribution in [1.82, 2.24) is 0 Å². The quantitative estimate of drug-likeness (QED) is 0.662. The van der Waals surface area contributed by atoms with Gasteiger partial charge in [-0.25, -0.2) is 4.39 Å². The first kappa shape index (κ1) is 9.04. The second-order valence-corrected chi connectivity index (χ2v) is 3.40. The predicted molar refractivity (Wildman–Crippen MR) is 38.1 cm³/mol. The normalized spacial score (nSPS) is 33.5. The second-order valence-electron chi connectivity index (χ2n) is 2.72. The fourth-order valence-corrected chi connectivity index (χ4v) is 1.72. The summed E-state index contributed by atoms with van der Waals surface area (Å²) in [6, 6.07) is 0. The summed E-state index contributed by atoms with van der Waals surface area (Å²) >= 11 is 0. The van der Waals surface area contributed by atoms with E-state index in [1.807, 2.05) is 0 Å². The molecule has 0 aliphatic heterocycles. The Morgan fingerprint density at radius 2 is 1.91 bits per heavy atom. The molecular formula is C6H11FO3P+. The van der Waals surface area contributed by atoms with E-state index in [-0.39, 0.29) is 6.10 Å². The minimum atomic E-state index is -2.51. The van der Waals surface area contributed by atoms with Gasteiger partial charge in [0.1, 0.15) is 12.3 Å². The molecule has 1 aliphatic rings. The zero-order valence-corrected chi connectivity index (χ0v) is 6.97. The van der Waals surface area contributed by atoms with Crippen LogP contribution in [0.5, 0.6) is 0 Å². The zero-order valence-electron chi connectivity index (χ0n) is 6.07. The minimum Gasteiger partial charge on any atom is -0.247 e. The maximum absolute atomic E-state index is 12.5. The smallest absolute Gasteiger partial charge is 0.247 e. The summed E-state index contributed by atoms with van der Waals surface area (Å²) in [5.74, 6) is 0. The average molecular weight is 181 g/mol. The van der Waals surface area contributed by atoms with Crippen molar-refractivity contribution >= 4 is 8.25 Å². The Morgan fingerprint density at radius 3 is 2.36 bits per heavy atom. The van der Waals surface area contributed by atoms with E-state index in [4.69, 9.17) is 4.89 Å². The van der Waals surface area contributed by atoms with E-state index >= 15 is 0 Å². The van der Waals surface area contributed by atoms with Gasteiger partial charge >= 0.3 is 8.25 Å². The lowest BCUT2D eigenvalue weighted by Crippen LogP contribution is -2.19. The largest absolute Gasteiger partial charge is 0.694 e. The molecule has 1 unspecified atom stereocenters. The van der Waals surface area contributed by atoms with Gasteiger partial charge in [-0.2, -0.15) is 0 Å². The van der Waals surface area contributed by atoms with Crippen LogP contribution >= 0.6 is 8.25 Å². The summed E-state index contributed by atoms with van der Waals surface area (Å²) in [7, 11) is -2.51. The second kappa shape index (κ2) is 4.10. The molecular weight excluding hydrogens is 170 g/mol. The molecule has 1 atom stereocenters. The van der Waals surface area contributed by atoms with Crippen LogP contribution in [-0.4, -0.2) is 17.2 Å². The van der Waals surface area contributed by atoms with Crippen LogP contribution in [-0.2, 0) is 9.09 Å². The standard InChI is InChI=1S/C6H10FO3P/c7-5-1-3-6(4-2-5)10-11(8)9/h5-6H,1-4H2/p+1. The maximum atomic E-state index is 12.5. The SMILES string of the molecule is O=[P+](O)OC1CCC(F)CC1. The highest BCUT2D eigenvalue weighted by Crippen LogP contribution is 2.29. The lowest BCUT2D eigenvalue weighted by molar-refractivity contribution is 0.109. The van der Waals surface area contributed by atoms with Crippen molar-refractivity contribution in [3.63, 3.8) is 0 Å². The third-order valence-electron chi connectivity index (χ3n) is 1.84. The summed E-state index contributed by atoms with van der Waals surface area (Å²) in [5, 5.41) is 0. The van der Waals surface area contributed by atoms with E-state index in [1.165, 1.54) is 0 Å². The lowest BCUT2D eigenvalue weighted by Gasteiger charge is -2.18. The highest BCUT2D eigenvalue weighted by atomic mass is 31.1. The predicted octanol–water partition coefficient (Wildman–Crippen LogP) is 1.93. The van der Waals surface area contributed by atoms with Crippen molar-refractivity contribution in [1.29, 1.82) is 0 Å². The number of alkyl halides is 1. The molecule has 0 saturated heterocycles. The molecule has 1 N–H and O–H groups in total. The van der Waals surface area contributed by atoms with E-state index in [9.17, 15) is 8.96 Å². The van der Waals surface area contributed by atoms with Crippen LogP contribution in [0.2, 0.25) is 0 Å². The van der Waals surface area contributed by atoms with Crippen molar-refractivity contribution in [2.24, 2.45) is 0 Å². The van der Waals surface area contributed by atoms with Crippen LogP contribution in [0.1, 0.15) is 25.7 Å². The molecule has 0 aromatic carbocycles. The van der Waals surface area contributed by atoms with Crippen LogP contribution in [0.3, 0.4) is 0 Å². The van der Waals surface area contributed by atoms with Gasteiger partial charge in [0.05, 0.1) is 0 Å². The van der Waals surface area contributed by atoms with Crippen molar-refractivity contribution in [3.8, 4) is 0 Å². The first-order chi connectivity index (χ1) is 5.18. The van der Waals surface area contributed by atoms with Crippen LogP contribution < -0.4 is 0 Å². The van der Waals surface area contributed by atoms with Gasteiger partial charge in [0.25, 0.3) is 0 Å². The number of halogens is 1. The molecule has 0 aromatic heterocycles. The summed E-state index contributed by atoms with van der Waals surface area (Å²) in [6.45, 7) is 0. The van der Waals surface area contributed by atoms with Crippen LogP contribution in [0.4, 0.5) is 4.39 Å². The first-order valence-electron chi connectivity index (χ1n) is 3.65. The molecule has 0 amide bonds. The van der Waals surface area contributed by atoms with E-state index in [0.717, 1.165) is 0 Å². The molecule has 0 aromatic rings. The van der Waals surface area contributed by atoms with Gasteiger partial charge in [-0.3, -0.25) is 0 Å². The molecule has 0 spiro atoms. The van der Waals surface area contributed by atoms with Gasteiger partial charge in [0.2, 0.25) is 0 Å². The van der Waals surface area contributed by atoms with Gasteiger partial charge < -0.3 is 0 Å². The Kier molecular flexibility index (Phi) is 3.37. The monoisotopic (exact) mass is 181 g/mol. The molecule has 1 rings (SSSR count). The minimum absolute atomic E-state index is 0.212. The molecule has 0 heterocycles. The van der Waals surface area contributed by atoms with Gasteiger partial charge in [-0.15, -0.1) is 9.42 Å². The van der Waals surface area contributed by atoms with Crippen molar-refractivity contribution in [2.75, 3.05) is 0 Å². The fourth-order valence-electron chi connectivity index (χ4n) is 1.26. The first-order valence-corrected chi connectivity index (χ1v) is 4.78. The average Bonchev–Trinajstić information content (AvgIpc) is 1.93. The van der Waals surface area contributed by atoms with Crippen molar-refractivity contribution in [2.45, 2.75) is 38.0 Å². The highest BCUT2D eigenvalue weighted by Gasteiger charge is 2.28. The lowest BCUT2D eigenvalue weighted by atomic mass is 9.96. The number of rotatable bonds is 2. The van der Waals surface area contributed by atoms with Gasteiger partial charge in [-0.05, 0) is 25.7 Å². The summed E-state index contributed by atoms with van der Waals surface area (Å²) in [6.07, 6.45) is 1.06. The van der Waals surface area contributed by atoms with E-state index in [0.29, 0.717) is 25.7 Å². The van der Waals surface area contributed by atoms with E-state index in [2.05, 4.69) is 4.52 Å². The molecule has 0 radical (unpaired) electrons. The van der Waals surface area contributed by atoms with Crippen molar-refractivity contribution in [3.05, 3.63) is 0 Å². The molecule has 64 valence electrons. The fraction of sp³-hybridized carbons (Fsp3) is 1.00. The van der Waals surface area contributed by atoms with Gasteiger partial charge in [-0.1, -0.05) is 0 Å². The Labute approximate surface area is 65.5 Å². The number of hydrogen-bond donors (Lipinski definition) is 1. The van der Waals surface area contributed by atoms with Crippen molar-refractivity contribution < 1.29 is 18.4 Å². The van der Waals surface area contributed by atoms with E-state index < -0.39 is 14.4 Å². The Bertz CT molecular complexity index is 145. The highest BCUT2D eigenvalue weighted by molar-refractivity contribution is 7.32. The van der Waals surface area contributed by atoms with Crippen LogP contribution in [0.15, 0.2) is 0 Å². The third-order valence-corrected chi connectivity index (χ3v) is 2.32.